The van der Waals surface area contributed by atoms with Crippen molar-refractivity contribution in [2.45, 2.75) is 38.3 Å². The van der Waals surface area contributed by atoms with Crippen molar-refractivity contribution in [1.82, 2.24) is 4.90 Å². The van der Waals surface area contributed by atoms with Crippen molar-refractivity contribution < 1.29 is 14.4 Å². The normalized spacial score (nSPS) is 31.4. The number of carbonyl (C=O) groups excluding carboxylic acids is 3. The maximum absolute atomic E-state index is 13.9. The summed E-state index contributed by atoms with van der Waals surface area (Å²) >= 11 is 3.44. The van der Waals surface area contributed by atoms with Gasteiger partial charge < -0.3 is 5.32 Å². The van der Waals surface area contributed by atoms with Gasteiger partial charge in [0.15, 0.2) is 0 Å². The Morgan fingerprint density at radius 1 is 1.10 bits per heavy atom. The highest BCUT2D eigenvalue weighted by Crippen LogP contribution is 2.61. The smallest absolute Gasteiger partial charge is 0.250 e. The van der Waals surface area contributed by atoms with E-state index in [0.717, 1.165) is 46.2 Å². The molecule has 4 aliphatic rings. The lowest BCUT2D eigenvalue weighted by Gasteiger charge is -2.36. The van der Waals surface area contributed by atoms with Crippen LogP contribution in [0, 0.1) is 25.7 Å². The summed E-state index contributed by atoms with van der Waals surface area (Å²) in [5.41, 5.74) is 3.19. The van der Waals surface area contributed by atoms with Gasteiger partial charge in [-0.05, 0) is 62.6 Å². The van der Waals surface area contributed by atoms with Gasteiger partial charge >= 0.3 is 0 Å². The second-order valence-corrected chi connectivity index (χ2v) is 9.96. The molecular weight excluding hydrogens is 458 g/mol. The zero-order chi connectivity index (χ0) is 21.7. The monoisotopic (exact) mass is 479 g/mol. The molecule has 31 heavy (non-hydrogen) atoms. The van der Waals surface area contributed by atoms with E-state index in [1.165, 1.54) is 4.90 Å². The van der Waals surface area contributed by atoms with Crippen LogP contribution in [0.15, 0.2) is 40.9 Å². The Labute approximate surface area is 188 Å². The lowest BCUT2D eigenvalue weighted by molar-refractivity contribution is -0.135. The number of imide groups is 1. The van der Waals surface area contributed by atoms with Gasteiger partial charge in [-0.1, -0.05) is 34.1 Å². The molecule has 3 amide bonds. The highest BCUT2D eigenvalue weighted by Gasteiger charge is 2.74. The molecule has 2 aromatic carbocycles. The summed E-state index contributed by atoms with van der Waals surface area (Å²) in [6.07, 6.45) is 1.74. The van der Waals surface area contributed by atoms with Crippen LogP contribution in [-0.2, 0) is 19.9 Å². The van der Waals surface area contributed by atoms with Crippen molar-refractivity contribution in [3.8, 4) is 0 Å². The summed E-state index contributed by atoms with van der Waals surface area (Å²) in [7, 11) is 0. The molecule has 6 rings (SSSR count). The predicted molar refractivity (Wildman–Crippen MR) is 120 cm³/mol. The number of nitrogens with one attached hydrogen (secondary N) is 1. The molecule has 4 atom stereocenters. The summed E-state index contributed by atoms with van der Waals surface area (Å²) < 4.78 is 0.801. The van der Waals surface area contributed by atoms with Crippen molar-refractivity contribution >= 4 is 45.0 Å². The maximum Gasteiger partial charge on any atom is 0.250 e. The molecule has 0 aliphatic carbocycles. The molecule has 1 N–H and O–H groups in total. The lowest BCUT2D eigenvalue weighted by Crippen LogP contribution is -2.54. The van der Waals surface area contributed by atoms with Gasteiger partial charge in [0.1, 0.15) is 5.54 Å². The summed E-state index contributed by atoms with van der Waals surface area (Å²) in [6, 6.07) is 11.1. The summed E-state index contributed by atoms with van der Waals surface area (Å²) in [4.78, 5) is 44.7. The highest BCUT2D eigenvalue weighted by molar-refractivity contribution is 9.10. The van der Waals surface area contributed by atoms with Gasteiger partial charge in [-0.25, -0.2) is 4.90 Å². The minimum absolute atomic E-state index is 0.100. The van der Waals surface area contributed by atoms with Crippen LogP contribution in [0.4, 0.5) is 11.4 Å². The van der Waals surface area contributed by atoms with E-state index in [2.05, 4.69) is 26.1 Å². The first-order valence-electron chi connectivity index (χ1n) is 10.7. The lowest BCUT2D eigenvalue weighted by atomic mass is 9.75. The second kappa shape index (κ2) is 6.26. The predicted octanol–water partition coefficient (Wildman–Crippen LogP) is 3.50. The number of aryl methyl sites for hydroxylation is 1. The fourth-order valence-corrected chi connectivity index (χ4v) is 6.78. The highest BCUT2D eigenvalue weighted by atomic mass is 79.9. The van der Waals surface area contributed by atoms with E-state index >= 15 is 0 Å². The SMILES string of the molecule is Cc1ccc2c(c1C)NC(=O)C21C2C(=O)N(c3cccc(Br)c3)C(=O)C2C2CCCN21. The zero-order valence-electron chi connectivity index (χ0n) is 17.3. The minimum atomic E-state index is -1.12. The third kappa shape index (κ3) is 2.18. The number of hydrogen-bond donors (Lipinski definition) is 1. The molecule has 4 unspecified atom stereocenters. The largest absolute Gasteiger partial charge is 0.324 e. The van der Waals surface area contributed by atoms with E-state index < -0.39 is 17.4 Å². The molecule has 3 saturated heterocycles. The van der Waals surface area contributed by atoms with Crippen molar-refractivity contribution in [1.29, 1.82) is 0 Å². The molecule has 1 spiro atoms. The fraction of sp³-hybridized carbons (Fsp3) is 0.375. The van der Waals surface area contributed by atoms with Crippen molar-refractivity contribution in [2.24, 2.45) is 11.8 Å². The number of halogens is 1. The molecule has 2 aromatic rings. The first-order valence-corrected chi connectivity index (χ1v) is 11.5. The quantitative estimate of drug-likeness (QED) is 0.635. The average Bonchev–Trinajstić information content (AvgIpc) is 3.43. The van der Waals surface area contributed by atoms with Crippen LogP contribution in [0.5, 0.6) is 0 Å². The molecule has 0 aromatic heterocycles. The van der Waals surface area contributed by atoms with E-state index in [-0.39, 0.29) is 23.8 Å². The Hall–Kier alpha value is -2.51. The maximum atomic E-state index is 13.9. The number of carbonyl (C=O) groups is 3. The summed E-state index contributed by atoms with van der Waals surface area (Å²) in [5, 5.41) is 3.09. The standard InChI is InChI=1S/C24H22BrN3O3/c1-12-8-9-16-20(13(12)2)26-23(31)24(16)19-18(17-7-4-10-27(17)24)21(29)28(22(19)30)15-6-3-5-14(25)11-15/h3,5-6,8-9,11,17-19H,4,7,10H2,1-2H3,(H,26,31). The average molecular weight is 480 g/mol. The first-order chi connectivity index (χ1) is 14.9. The van der Waals surface area contributed by atoms with Gasteiger partial charge in [-0.15, -0.1) is 0 Å². The van der Waals surface area contributed by atoms with Crippen LogP contribution in [0.1, 0.15) is 29.5 Å². The van der Waals surface area contributed by atoms with Crippen molar-refractivity contribution in [3.63, 3.8) is 0 Å². The Morgan fingerprint density at radius 3 is 2.68 bits per heavy atom. The van der Waals surface area contributed by atoms with Crippen LogP contribution >= 0.6 is 15.9 Å². The van der Waals surface area contributed by atoms with E-state index in [0.29, 0.717) is 5.69 Å². The Bertz CT molecular complexity index is 1190. The molecule has 0 bridgehead atoms. The van der Waals surface area contributed by atoms with E-state index in [1.54, 1.807) is 12.1 Å². The van der Waals surface area contributed by atoms with Gasteiger partial charge in [0, 0.05) is 21.8 Å². The fourth-order valence-electron chi connectivity index (χ4n) is 6.39. The number of benzene rings is 2. The minimum Gasteiger partial charge on any atom is -0.324 e. The molecule has 158 valence electrons. The van der Waals surface area contributed by atoms with Gasteiger partial charge in [-0.3, -0.25) is 19.3 Å². The topological polar surface area (TPSA) is 69.7 Å². The molecule has 6 nitrogen and oxygen atoms in total. The number of anilines is 2. The van der Waals surface area contributed by atoms with Crippen LogP contribution in [-0.4, -0.2) is 35.2 Å². The summed E-state index contributed by atoms with van der Waals surface area (Å²) in [5.74, 6) is -1.86. The number of nitrogens with zero attached hydrogens (tertiary/aromatic N) is 2. The van der Waals surface area contributed by atoms with Crippen LogP contribution in [0.2, 0.25) is 0 Å². The molecule has 7 heteroatoms. The van der Waals surface area contributed by atoms with Gasteiger partial charge in [0.25, 0.3) is 0 Å². The van der Waals surface area contributed by atoms with E-state index in [1.807, 2.05) is 38.1 Å². The van der Waals surface area contributed by atoms with Crippen LogP contribution in [0.3, 0.4) is 0 Å². The summed E-state index contributed by atoms with van der Waals surface area (Å²) in [6.45, 7) is 4.73. The number of hydrogen-bond acceptors (Lipinski definition) is 4. The second-order valence-electron chi connectivity index (χ2n) is 9.05. The molecule has 0 radical (unpaired) electrons. The number of rotatable bonds is 1. The third-order valence-corrected chi connectivity index (χ3v) is 8.26. The first kappa shape index (κ1) is 19.2. The van der Waals surface area contributed by atoms with Gasteiger partial charge in [0.05, 0.1) is 17.5 Å². The zero-order valence-corrected chi connectivity index (χ0v) is 18.9. The Morgan fingerprint density at radius 2 is 1.90 bits per heavy atom. The number of fused-ring (bicyclic) bond motifs is 7. The molecule has 4 aliphatic heterocycles. The van der Waals surface area contributed by atoms with Gasteiger partial charge in [0.2, 0.25) is 17.7 Å². The third-order valence-electron chi connectivity index (χ3n) is 7.77. The van der Waals surface area contributed by atoms with Crippen molar-refractivity contribution in [2.75, 3.05) is 16.8 Å². The van der Waals surface area contributed by atoms with Crippen molar-refractivity contribution in [3.05, 3.63) is 57.6 Å². The van der Waals surface area contributed by atoms with Crippen LogP contribution < -0.4 is 10.2 Å². The van der Waals surface area contributed by atoms with Gasteiger partial charge in [-0.2, -0.15) is 0 Å². The Balaban J connectivity index is 1.57. The Kier molecular flexibility index (Phi) is 3.88. The number of amides is 3. The van der Waals surface area contributed by atoms with E-state index in [4.69, 9.17) is 0 Å². The molecule has 3 fully saturated rings. The molecule has 4 heterocycles. The molecule has 0 saturated carbocycles. The van der Waals surface area contributed by atoms with E-state index in [9.17, 15) is 14.4 Å². The molecular formula is C24H22BrN3O3. The van der Waals surface area contributed by atoms with Crippen LogP contribution in [0.25, 0.3) is 0 Å².